The van der Waals surface area contributed by atoms with Crippen molar-refractivity contribution in [2.45, 2.75) is 50.3 Å². The predicted octanol–water partition coefficient (Wildman–Crippen LogP) is 4.76. The molecule has 1 saturated carbocycles. The third kappa shape index (κ3) is 3.00. The van der Waals surface area contributed by atoms with Crippen molar-refractivity contribution in [3.05, 3.63) is 35.6 Å². The van der Waals surface area contributed by atoms with Gasteiger partial charge in [0.2, 0.25) is 0 Å². The van der Waals surface area contributed by atoms with Crippen molar-refractivity contribution < 1.29 is 4.42 Å². The Bertz CT molecular complexity index is 598. The van der Waals surface area contributed by atoms with Crippen LogP contribution in [0.5, 0.6) is 0 Å². The maximum atomic E-state index is 5.98. The van der Waals surface area contributed by atoms with E-state index in [1.165, 1.54) is 36.6 Å². The fraction of sp³-hybridized carbons (Fsp3) is 0.556. The summed E-state index contributed by atoms with van der Waals surface area (Å²) in [5.74, 6) is 1.13. The zero-order valence-corrected chi connectivity index (χ0v) is 13.9. The molecular formula is C18H25NOS. The van der Waals surface area contributed by atoms with E-state index in [2.05, 4.69) is 36.7 Å². The Kier molecular flexibility index (Phi) is 4.60. The van der Waals surface area contributed by atoms with E-state index in [1.54, 1.807) is 0 Å². The lowest BCUT2D eigenvalue weighted by atomic mass is 10.1. The second kappa shape index (κ2) is 6.45. The van der Waals surface area contributed by atoms with Crippen LogP contribution in [0.15, 0.2) is 28.7 Å². The van der Waals surface area contributed by atoms with Gasteiger partial charge in [-0.2, -0.15) is 11.8 Å². The van der Waals surface area contributed by atoms with Gasteiger partial charge < -0.3 is 9.73 Å². The number of aryl methyl sites for hydroxylation is 1. The van der Waals surface area contributed by atoms with Gasteiger partial charge in [0, 0.05) is 35.2 Å². The Morgan fingerprint density at radius 3 is 2.71 bits per heavy atom. The topological polar surface area (TPSA) is 25.2 Å². The molecule has 0 unspecified atom stereocenters. The van der Waals surface area contributed by atoms with Gasteiger partial charge in [0.25, 0.3) is 0 Å². The van der Waals surface area contributed by atoms with Crippen LogP contribution in [0.1, 0.15) is 43.9 Å². The van der Waals surface area contributed by atoms with Crippen LogP contribution >= 0.6 is 11.8 Å². The third-order valence-corrected chi connectivity index (χ3v) is 6.22. The molecule has 0 amide bonds. The summed E-state index contributed by atoms with van der Waals surface area (Å²) in [6.45, 7) is 4.20. The molecule has 21 heavy (non-hydrogen) atoms. The Morgan fingerprint density at radius 2 is 2.00 bits per heavy atom. The first-order valence-electron chi connectivity index (χ1n) is 8.03. The molecule has 0 radical (unpaired) electrons. The number of para-hydroxylation sites is 1. The van der Waals surface area contributed by atoms with Crippen LogP contribution in [-0.2, 0) is 13.0 Å². The Balaban J connectivity index is 1.73. The summed E-state index contributed by atoms with van der Waals surface area (Å²) in [5.41, 5.74) is 2.37. The number of hydrogen-bond acceptors (Lipinski definition) is 3. The van der Waals surface area contributed by atoms with Crippen LogP contribution in [-0.4, -0.2) is 17.5 Å². The van der Waals surface area contributed by atoms with Crippen molar-refractivity contribution >= 4 is 22.7 Å². The van der Waals surface area contributed by atoms with Gasteiger partial charge in [-0.25, -0.2) is 0 Å². The standard InChI is InChI=1S/C18H25NOS/c1-3-16-15(14-8-4-5-9-17(14)20-16)12-19-13-18(21-2)10-6-7-11-18/h4-5,8-9,19H,3,6-7,10-13H2,1-2H3. The minimum absolute atomic E-state index is 0.464. The minimum Gasteiger partial charge on any atom is -0.461 e. The van der Waals surface area contributed by atoms with Gasteiger partial charge in [0.05, 0.1) is 0 Å². The normalized spacial score (nSPS) is 17.6. The second-order valence-electron chi connectivity index (χ2n) is 6.05. The molecule has 1 heterocycles. The summed E-state index contributed by atoms with van der Waals surface area (Å²) < 4.78 is 6.44. The van der Waals surface area contributed by atoms with Gasteiger partial charge in [-0.1, -0.05) is 38.0 Å². The monoisotopic (exact) mass is 303 g/mol. The molecule has 1 aliphatic carbocycles. The van der Waals surface area contributed by atoms with Crippen molar-refractivity contribution in [3.63, 3.8) is 0 Å². The fourth-order valence-corrected chi connectivity index (χ4v) is 4.46. The number of thioether (sulfide) groups is 1. The Hall–Kier alpha value is -0.930. The molecule has 3 heteroatoms. The lowest BCUT2D eigenvalue weighted by Gasteiger charge is -2.27. The molecule has 1 aromatic carbocycles. The van der Waals surface area contributed by atoms with Crippen LogP contribution in [0, 0.1) is 0 Å². The first-order chi connectivity index (χ1) is 10.3. The van der Waals surface area contributed by atoms with E-state index < -0.39 is 0 Å². The largest absolute Gasteiger partial charge is 0.461 e. The van der Waals surface area contributed by atoms with E-state index in [1.807, 2.05) is 17.8 Å². The predicted molar refractivity (Wildman–Crippen MR) is 92.0 cm³/mol. The van der Waals surface area contributed by atoms with E-state index in [0.29, 0.717) is 4.75 Å². The number of fused-ring (bicyclic) bond motifs is 1. The molecule has 1 aliphatic rings. The Labute approximate surface area is 131 Å². The molecule has 0 saturated heterocycles. The third-order valence-electron chi connectivity index (χ3n) is 4.80. The average molecular weight is 303 g/mol. The molecule has 2 aromatic rings. The zero-order valence-electron chi connectivity index (χ0n) is 13.1. The van der Waals surface area contributed by atoms with Crippen LogP contribution in [0.4, 0.5) is 0 Å². The van der Waals surface area contributed by atoms with Gasteiger partial charge >= 0.3 is 0 Å². The molecule has 114 valence electrons. The summed E-state index contributed by atoms with van der Waals surface area (Å²) in [6.07, 6.45) is 8.70. The molecule has 2 nitrogen and oxygen atoms in total. The highest BCUT2D eigenvalue weighted by Crippen LogP contribution is 2.39. The quantitative estimate of drug-likeness (QED) is 0.833. The minimum atomic E-state index is 0.464. The Morgan fingerprint density at radius 1 is 1.24 bits per heavy atom. The molecule has 3 rings (SSSR count). The number of hydrogen-bond donors (Lipinski definition) is 1. The van der Waals surface area contributed by atoms with Crippen LogP contribution in [0.25, 0.3) is 11.0 Å². The molecule has 0 atom stereocenters. The average Bonchev–Trinajstić information content (AvgIpc) is 3.13. The smallest absolute Gasteiger partial charge is 0.134 e. The molecule has 1 N–H and O–H groups in total. The van der Waals surface area contributed by atoms with Gasteiger partial charge in [0.15, 0.2) is 0 Å². The van der Waals surface area contributed by atoms with E-state index in [4.69, 9.17) is 4.42 Å². The summed E-state index contributed by atoms with van der Waals surface area (Å²) in [6, 6.07) is 8.39. The summed E-state index contributed by atoms with van der Waals surface area (Å²) >= 11 is 2.04. The summed E-state index contributed by atoms with van der Waals surface area (Å²) in [5, 5.41) is 4.98. The lowest BCUT2D eigenvalue weighted by molar-refractivity contribution is 0.518. The molecule has 1 fully saturated rings. The first-order valence-corrected chi connectivity index (χ1v) is 9.25. The van der Waals surface area contributed by atoms with E-state index in [0.717, 1.165) is 30.9 Å². The number of rotatable bonds is 6. The van der Waals surface area contributed by atoms with Crippen molar-refractivity contribution in [3.8, 4) is 0 Å². The highest BCUT2D eigenvalue weighted by molar-refractivity contribution is 8.00. The second-order valence-corrected chi connectivity index (χ2v) is 7.33. The van der Waals surface area contributed by atoms with Gasteiger partial charge in [-0.15, -0.1) is 0 Å². The highest BCUT2D eigenvalue weighted by atomic mass is 32.2. The molecular weight excluding hydrogens is 278 g/mol. The van der Waals surface area contributed by atoms with Crippen LogP contribution in [0.2, 0.25) is 0 Å². The van der Waals surface area contributed by atoms with Crippen molar-refractivity contribution in [1.29, 1.82) is 0 Å². The van der Waals surface area contributed by atoms with Gasteiger partial charge in [0.1, 0.15) is 11.3 Å². The highest BCUT2D eigenvalue weighted by Gasteiger charge is 2.32. The first kappa shape index (κ1) is 15.0. The maximum Gasteiger partial charge on any atom is 0.134 e. The van der Waals surface area contributed by atoms with Gasteiger partial charge in [-0.3, -0.25) is 0 Å². The fourth-order valence-electron chi connectivity index (χ4n) is 3.52. The van der Waals surface area contributed by atoms with Crippen molar-refractivity contribution in [1.82, 2.24) is 5.32 Å². The van der Waals surface area contributed by atoms with E-state index in [9.17, 15) is 0 Å². The molecule has 0 bridgehead atoms. The lowest BCUT2D eigenvalue weighted by Crippen LogP contribution is -2.34. The van der Waals surface area contributed by atoms with Crippen LogP contribution < -0.4 is 5.32 Å². The van der Waals surface area contributed by atoms with Crippen molar-refractivity contribution in [2.24, 2.45) is 0 Å². The number of nitrogens with one attached hydrogen (secondary N) is 1. The number of benzene rings is 1. The number of furan rings is 1. The molecule has 0 spiro atoms. The van der Waals surface area contributed by atoms with E-state index >= 15 is 0 Å². The summed E-state index contributed by atoms with van der Waals surface area (Å²) in [4.78, 5) is 0. The maximum absolute atomic E-state index is 5.98. The van der Waals surface area contributed by atoms with Gasteiger partial charge in [-0.05, 0) is 25.2 Å². The SMILES string of the molecule is CCc1oc2ccccc2c1CNCC1(SC)CCCC1. The molecule has 0 aliphatic heterocycles. The molecule has 1 aromatic heterocycles. The van der Waals surface area contributed by atoms with E-state index in [-0.39, 0.29) is 0 Å². The van der Waals surface area contributed by atoms with Crippen LogP contribution in [0.3, 0.4) is 0 Å². The zero-order chi connectivity index (χ0) is 14.7. The summed E-state index contributed by atoms with van der Waals surface area (Å²) in [7, 11) is 0. The van der Waals surface area contributed by atoms with Crippen molar-refractivity contribution in [2.75, 3.05) is 12.8 Å².